The average Bonchev–Trinajstić information content (AvgIpc) is 3.46. The Morgan fingerprint density at radius 1 is 1.07 bits per heavy atom. The number of amides is 2. The number of nitrogens with zero attached hydrogens (tertiary/aromatic N) is 1. The van der Waals surface area contributed by atoms with Crippen molar-refractivity contribution < 1.29 is 27.8 Å². The Morgan fingerprint density at radius 3 is 2.48 bits per heavy atom. The first-order chi connectivity index (χ1) is 14.0. The summed E-state index contributed by atoms with van der Waals surface area (Å²) in [6, 6.07) is 7.60. The third-order valence-electron chi connectivity index (χ3n) is 5.05. The molecule has 0 bridgehead atoms. The summed E-state index contributed by atoms with van der Waals surface area (Å²) in [5, 5.41) is 2.81. The second-order valence-electron chi connectivity index (χ2n) is 7.12. The first-order valence-electron chi connectivity index (χ1n) is 9.39. The van der Waals surface area contributed by atoms with E-state index in [0.717, 1.165) is 25.0 Å². The Labute approximate surface area is 166 Å². The lowest BCUT2D eigenvalue weighted by Crippen LogP contribution is -2.42. The molecule has 1 aliphatic carbocycles. The fourth-order valence-electron chi connectivity index (χ4n) is 3.51. The van der Waals surface area contributed by atoms with Crippen LogP contribution in [0.3, 0.4) is 0 Å². The van der Waals surface area contributed by atoms with E-state index in [-0.39, 0.29) is 23.6 Å². The van der Waals surface area contributed by atoms with Gasteiger partial charge in [0.25, 0.3) is 0 Å². The molecule has 2 aliphatic rings. The van der Waals surface area contributed by atoms with Crippen LogP contribution in [0.4, 0.5) is 14.5 Å². The van der Waals surface area contributed by atoms with Crippen molar-refractivity contribution in [3.05, 3.63) is 48.0 Å². The summed E-state index contributed by atoms with van der Waals surface area (Å²) in [7, 11) is 1.47. The molecule has 0 radical (unpaired) electrons. The van der Waals surface area contributed by atoms with E-state index in [2.05, 4.69) is 5.32 Å². The summed E-state index contributed by atoms with van der Waals surface area (Å²) >= 11 is 0. The van der Waals surface area contributed by atoms with Crippen LogP contribution in [-0.2, 0) is 9.59 Å². The number of halogens is 2. The van der Waals surface area contributed by atoms with Gasteiger partial charge in [-0.15, -0.1) is 0 Å². The van der Waals surface area contributed by atoms with Crippen LogP contribution in [0.5, 0.6) is 17.2 Å². The van der Waals surface area contributed by atoms with E-state index in [9.17, 15) is 18.4 Å². The molecule has 2 amide bonds. The SMILES string of the molecule is COc1ccc(Oc2ccc(F)c(F)c2)cc1NC(=O)C1CCC(=O)N1C1CC1. The van der Waals surface area contributed by atoms with Gasteiger partial charge in [0.2, 0.25) is 11.8 Å². The Morgan fingerprint density at radius 2 is 1.79 bits per heavy atom. The van der Waals surface area contributed by atoms with Crippen LogP contribution in [0.2, 0.25) is 0 Å². The molecule has 1 heterocycles. The third-order valence-corrected chi connectivity index (χ3v) is 5.05. The zero-order valence-corrected chi connectivity index (χ0v) is 15.8. The molecule has 1 saturated carbocycles. The molecule has 1 atom stereocenters. The monoisotopic (exact) mass is 402 g/mol. The molecule has 4 rings (SSSR count). The topological polar surface area (TPSA) is 67.9 Å². The van der Waals surface area contributed by atoms with Crippen LogP contribution in [0.15, 0.2) is 36.4 Å². The van der Waals surface area contributed by atoms with E-state index in [1.54, 1.807) is 17.0 Å². The Bertz CT molecular complexity index is 962. The van der Waals surface area contributed by atoms with Gasteiger partial charge >= 0.3 is 0 Å². The highest BCUT2D eigenvalue weighted by atomic mass is 19.2. The number of likely N-dealkylation sites (tertiary alicyclic amines) is 1. The number of hydrogen-bond acceptors (Lipinski definition) is 4. The summed E-state index contributed by atoms with van der Waals surface area (Å²) in [5.74, 6) is -1.41. The van der Waals surface area contributed by atoms with E-state index in [1.807, 2.05) is 0 Å². The van der Waals surface area contributed by atoms with Crippen molar-refractivity contribution in [2.24, 2.45) is 0 Å². The number of ether oxygens (including phenoxy) is 2. The van der Waals surface area contributed by atoms with E-state index in [4.69, 9.17) is 9.47 Å². The van der Waals surface area contributed by atoms with Gasteiger partial charge in [-0.3, -0.25) is 9.59 Å². The maximum absolute atomic E-state index is 13.4. The van der Waals surface area contributed by atoms with E-state index < -0.39 is 17.7 Å². The second kappa shape index (κ2) is 7.69. The molecule has 1 unspecified atom stereocenters. The first kappa shape index (κ1) is 19.2. The molecule has 2 aromatic rings. The second-order valence-corrected chi connectivity index (χ2v) is 7.12. The van der Waals surface area contributed by atoms with Crippen molar-refractivity contribution in [2.75, 3.05) is 12.4 Å². The summed E-state index contributed by atoms with van der Waals surface area (Å²) in [6.45, 7) is 0. The molecule has 2 fully saturated rings. The van der Waals surface area contributed by atoms with Gasteiger partial charge in [-0.1, -0.05) is 0 Å². The predicted octanol–water partition coefficient (Wildman–Crippen LogP) is 3.86. The summed E-state index contributed by atoms with van der Waals surface area (Å²) in [4.78, 5) is 26.6. The molecule has 8 heteroatoms. The minimum atomic E-state index is -1.02. The molecule has 0 aromatic heterocycles. The number of carbonyl (C=O) groups excluding carboxylic acids is 2. The zero-order chi connectivity index (χ0) is 20.5. The van der Waals surface area contributed by atoms with Crippen molar-refractivity contribution in [2.45, 2.75) is 37.8 Å². The van der Waals surface area contributed by atoms with Crippen molar-refractivity contribution in [1.82, 2.24) is 4.90 Å². The lowest BCUT2D eigenvalue weighted by Gasteiger charge is -2.24. The summed E-state index contributed by atoms with van der Waals surface area (Å²) in [5.41, 5.74) is 0.368. The number of benzene rings is 2. The van der Waals surface area contributed by atoms with Crippen LogP contribution < -0.4 is 14.8 Å². The maximum Gasteiger partial charge on any atom is 0.247 e. The standard InChI is InChI=1S/C21H20F2N2O4/c1-28-19-8-5-14(29-13-4-6-15(22)16(23)10-13)11-17(19)24-21(27)18-7-9-20(26)25(18)12-2-3-12/h4-6,8,10-12,18H,2-3,7,9H2,1H3,(H,24,27). The van der Waals surface area contributed by atoms with Crippen LogP contribution in [0.1, 0.15) is 25.7 Å². The number of hydrogen-bond donors (Lipinski definition) is 1. The Balaban J connectivity index is 1.53. The maximum atomic E-state index is 13.4. The average molecular weight is 402 g/mol. The van der Waals surface area contributed by atoms with Crippen LogP contribution >= 0.6 is 0 Å². The third kappa shape index (κ3) is 4.01. The van der Waals surface area contributed by atoms with Gasteiger partial charge in [-0.2, -0.15) is 0 Å². The molecular formula is C21H20F2N2O4. The number of nitrogens with one attached hydrogen (secondary N) is 1. The van der Waals surface area contributed by atoms with E-state index in [1.165, 1.54) is 19.2 Å². The van der Waals surface area contributed by atoms with Gasteiger partial charge in [0.05, 0.1) is 12.8 Å². The highest BCUT2D eigenvalue weighted by Crippen LogP contribution is 2.36. The Kier molecular flexibility index (Phi) is 5.08. The summed E-state index contributed by atoms with van der Waals surface area (Å²) < 4.78 is 37.4. The molecular weight excluding hydrogens is 382 g/mol. The molecule has 29 heavy (non-hydrogen) atoms. The number of rotatable bonds is 6. The lowest BCUT2D eigenvalue weighted by atomic mass is 10.2. The van der Waals surface area contributed by atoms with Gasteiger partial charge in [0, 0.05) is 24.6 Å². The fraction of sp³-hybridized carbons (Fsp3) is 0.333. The van der Waals surface area contributed by atoms with Crippen LogP contribution in [-0.4, -0.2) is 35.9 Å². The molecule has 152 valence electrons. The first-order valence-corrected chi connectivity index (χ1v) is 9.39. The highest BCUT2D eigenvalue weighted by molar-refractivity contribution is 6.00. The molecule has 1 saturated heterocycles. The van der Waals surface area contributed by atoms with Crippen molar-refractivity contribution in [1.29, 1.82) is 0 Å². The molecule has 1 N–H and O–H groups in total. The highest BCUT2D eigenvalue weighted by Gasteiger charge is 2.44. The zero-order valence-electron chi connectivity index (χ0n) is 15.8. The normalized spacial score (nSPS) is 18.7. The number of anilines is 1. The van der Waals surface area contributed by atoms with Crippen LogP contribution in [0, 0.1) is 11.6 Å². The van der Waals surface area contributed by atoms with Crippen molar-refractivity contribution in [3.8, 4) is 17.2 Å². The van der Waals surface area contributed by atoms with Gasteiger partial charge in [-0.25, -0.2) is 8.78 Å². The van der Waals surface area contributed by atoms with Gasteiger partial charge in [0.15, 0.2) is 11.6 Å². The molecule has 0 spiro atoms. The molecule has 2 aromatic carbocycles. The van der Waals surface area contributed by atoms with Gasteiger partial charge in [0.1, 0.15) is 23.3 Å². The molecule has 6 nitrogen and oxygen atoms in total. The Hall–Kier alpha value is -3.16. The van der Waals surface area contributed by atoms with Crippen molar-refractivity contribution in [3.63, 3.8) is 0 Å². The molecule has 1 aliphatic heterocycles. The predicted molar refractivity (Wildman–Crippen MR) is 101 cm³/mol. The lowest BCUT2D eigenvalue weighted by molar-refractivity contribution is -0.133. The number of methoxy groups -OCH3 is 1. The van der Waals surface area contributed by atoms with Crippen molar-refractivity contribution >= 4 is 17.5 Å². The van der Waals surface area contributed by atoms with Gasteiger partial charge < -0.3 is 19.7 Å². The number of carbonyl (C=O) groups is 2. The summed E-state index contributed by atoms with van der Waals surface area (Å²) in [6.07, 6.45) is 2.70. The van der Waals surface area contributed by atoms with Crippen LogP contribution in [0.25, 0.3) is 0 Å². The smallest absolute Gasteiger partial charge is 0.247 e. The minimum Gasteiger partial charge on any atom is -0.495 e. The van der Waals surface area contributed by atoms with E-state index in [0.29, 0.717) is 30.0 Å². The largest absolute Gasteiger partial charge is 0.495 e. The van der Waals surface area contributed by atoms with Gasteiger partial charge in [-0.05, 0) is 43.5 Å². The van der Waals surface area contributed by atoms with E-state index >= 15 is 0 Å². The minimum absolute atomic E-state index is 0.00929. The quantitative estimate of drug-likeness (QED) is 0.797. The fourth-order valence-corrected chi connectivity index (χ4v) is 3.51.